The van der Waals surface area contributed by atoms with Crippen LogP contribution in [0.25, 0.3) is 0 Å². The van der Waals surface area contributed by atoms with Gasteiger partial charge in [0.1, 0.15) is 6.61 Å². The molecule has 0 aromatic heterocycles. The van der Waals surface area contributed by atoms with Gasteiger partial charge in [0.05, 0.1) is 11.8 Å². The van der Waals surface area contributed by atoms with Crippen LogP contribution in [-0.4, -0.2) is 17.0 Å². The van der Waals surface area contributed by atoms with Gasteiger partial charge >= 0.3 is 11.9 Å². The number of hydrogen-bond acceptors (Lipinski definition) is 3. The lowest BCUT2D eigenvalue weighted by Crippen LogP contribution is -2.34. The summed E-state index contributed by atoms with van der Waals surface area (Å²) < 4.78 is 5.31. The van der Waals surface area contributed by atoms with E-state index >= 15 is 0 Å². The maximum absolute atomic E-state index is 12.2. The van der Waals surface area contributed by atoms with E-state index in [-0.39, 0.29) is 18.4 Å². The van der Waals surface area contributed by atoms with Crippen LogP contribution in [0, 0.1) is 23.7 Å². The SMILES string of the molecule is O=C(O)[C@@H]1[C@@H](C(=O)OCc2ccccc2)[C@@H]2C=C[C@@H]1C2. The van der Waals surface area contributed by atoms with E-state index in [0.717, 1.165) is 12.0 Å². The van der Waals surface area contributed by atoms with Gasteiger partial charge in [0.2, 0.25) is 0 Å². The van der Waals surface area contributed by atoms with Crippen molar-refractivity contribution in [1.82, 2.24) is 0 Å². The van der Waals surface area contributed by atoms with Crippen molar-refractivity contribution in [3.05, 3.63) is 48.0 Å². The highest BCUT2D eigenvalue weighted by Gasteiger charge is 2.52. The fourth-order valence-corrected chi connectivity index (χ4v) is 3.31. The topological polar surface area (TPSA) is 63.6 Å². The molecule has 2 aliphatic rings. The molecule has 0 saturated heterocycles. The summed E-state index contributed by atoms with van der Waals surface area (Å²) in [5.74, 6) is -2.46. The fraction of sp³-hybridized carbons (Fsp3) is 0.375. The molecular formula is C16H16O4. The Morgan fingerprint density at radius 2 is 1.75 bits per heavy atom. The van der Waals surface area contributed by atoms with Crippen LogP contribution in [0.2, 0.25) is 0 Å². The van der Waals surface area contributed by atoms with Crippen molar-refractivity contribution in [2.45, 2.75) is 13.0 Å². The minimum Gasteiger partial charge on any atom is -0.481 e. The average molecular weight is 272 g/mol. The third-order valence-electron chi connectivity index (χ3n) is 4.24. The van der Waals surface area contributed by atoms with E-state index in [2.05, 4.69) is 0 Å². The molecule has 1 fully saturated rings. The zero-order valence-corrected chi connectivity index (χ0v) is 10.9. The molecule has 4 atom stereocenters. The van der Waals surface area contributed by atoms with Gasteiger partial charge in [0, 0.05) is 0 Å². The standard InChI is InChI=1S/C16H16O4/c17-15(18)13-11-6-7-12(8-11)14(13)16(19)20-9-10-4-2-1-3-5-10/h1-7,11-14H,8-9H2,(H,17,18)/t11-,12-,13+,14+/m1/s1. The van der Waals surface area contributed by atoms with Crippen LogP contribution in [0.3, 0.4) is 0 Å². The van der Waals surface area contributed by atoms with Crippen molar-refractivity contribution < 1.29 is 19.4 Å². The smallest absolute Gasteiger partial charge is 0.310 e. The number of carboxylic acids is 1. The maximum Gasteiger partial charge on any atom is 0.310 e. The third kappa shape index (κ3) is 2.22. The number of carbonyl (C=O) groups is 2. The summed E-state index contributed by atoms with van der Waals surface area (Å²) in [6, 6.07) is 9.41. The van der Waals surface area contributed by atoms with Gasteiger partial charge in [-0.1, -0.05) is 42.5 Å². The average Bonchev–Trinajstić information content (AvgIpc) is 3.06. The number of fused-ring (bicyclic) bond motifs is 2. The van der Waals surface area contributed by atoms with E-state index < -0.39 is 23.8 Å². The predicted molar refractivity (Wildman–Crippen MR) is 71.6 cm³/mol. The van der Waals surface area contributed by atoms with Gasteiger partial charge in [0.25, 0.3) is 0 Å². The number of rotatable bonds is 4. The molecule has 1 aromatic rings. The van der Waals surface area contributed by atoms with Crippen molar-refractivity contribution in [1.29, 1.82) is 0 Å². The number of allylic oxidation sites excluding steroid dienone is 2. The Morgan fingerprint density at radius 3 is 2.40 bits per heavy atom. The molecule has 4 heteroatoms. The Kier molecular flexibility index (Phi) is 3.30. The summed E-state index contributed by atoms with van der Waals surface area (Å²) in [5.41, 5.74) is 0.909. The largest absolute Gasteiger partial charge is 0.481 e. The van der Waals surface area contributed by atoms with Crippen molar-refractivity contribution in [3.8, 4) is 0 Å². The van der Waals surface area contributed by atoms with Gasteiger partial charge < -0.3 is 9.84 Å². The van der Waals surface area contributed by atoms with E-state index in [1.54, 1.807) is 0 Å². The number of benzene rings is 1. The molecule has 4 nitrogen and oxygen atoms in total. The number of aliphatic carboxylic acids is 1. The van der Waals surface area contributed by atoms with Crippen LogP contribution in [-0.2, 0) is 20.9 Å². The first-order chi connectivity index (χ1) is 9.66. The lowest BCUT2D eigenvalue weighted by molar-refractivity contribution is -0.159. The molecule has 1 N–H and O–H groups in total. The minimum absolute atomic E-state index is 0.0179. The van der Waals surface area contributed by atoms with Gasteiger partial charge in [-0.05, 0) is 23.8 Å². The predicted octanol–water partition coefficient (Wildman–Crippen LogP) is 2.25. The van der Waals surface area contributed by atoms with E-state index in [1.165, 1.54) is 0 Å². The Morgan fingerprint density at radius 1 is 1.10 bits per heavy atom. The van der Waals surface area contributed by atoms with Gasteiger partial charge in [-0.25, -0.2) is 0 Å². The first-order valence-electron chi connectivity index (χ1n) is 6.78. The number of carbonyl (C=O) groups excluding carboxylic acids is 1. The lowest BCUT2D eigenvalue weighted by atomic mass is 9.83. The Hall–Kier alpha value is -2.10. The Labute approximate surface area is 117 Å². The fourth-order valence-electron chi connectivity index (χ4n) is 3.31. The van der Waals surface area contributed by atoms with Crippen LogP contribution in [0.1, 0.15) is 12.0 Å². The maximum atomic E-state index is 12.2. The second-order valence-electron chi connectivity index (χ2n) is 5.43. The molecule has 2 bridgehead atoms. The van der Waals surface area contributed by atoms with Crippen molar-refractivity contribution >= 4 is 11.9 Å². The molecule has 1 aromatic carbocycles. The highest BCUT2D eigenvalue weighted by molar-refractivity contribution is 5.83. The molecule has 0 amide bonds. The summed E-state index contributed by atoms with van der Waals surface area (Å²) >= 11 is 0. The minimum atomic E-state index is -0.900. The second kappa shape index (κ2) is 5.12. The monoisotopic (exact) mass is 272 g/mol. The first-order valence-corrected chi connectivity index (χ1v) is 6.78. The van der Waals surface area contributed by atoms with Crippen LogP contribution in [0.4, 0.5) is 0 Å². The molecule has 0 heterocycles. The lowest BCUT2D eigenvalue weighted by Gasteiger charge is -2.23. The molecule has 20 heavy (non-hydrogen) atoms. The van der Waals surface area contributed by atoms with E-state index in [4.69, 9.17) is 4.74 Å². The van der Waals surface area contributed by atoms with Gasteiger partial charge in [-0.2, -0.15) is 0 Å². The highest BCUT2D eigenvalue weighted by Crippen LogP contribution is 2.48. The molecule has 0 unspecified atom stereocenters. The molecule has 0 aliphatic heterocycles. The van der Waals surface area contributed by atoms with Crippen molar-refractivity contribution in [2.24, 2.45) is 23.7 Å². The number of carboxylic acid groups (broad SMARTS) is 1. The third-order valence-corrected chi connectivity index (χ3v) is 4.24. The molecule has 0 spiro atoms. The highest BCUT2D eigenvalue weighted by atomic mass is 16.5. The first kappa shape index (κ1) is 12.9. The normalized spacial score (nSPS) is 30.4. The molecule has 2 aliphatic carbocycles. The molecule has 104 valence electrons. The summed E-state index contributed by atoms with van der Waals surface area (Å²) in [6.07, 6.45) is 4.63. The molecular weight excluding hydrogens is 256 g/mol. The number of ether oxygens (including phenoxy) is 1. The summed E-state index contributed by atoms with van der Waals surface area (Å²) in [5, 5.41) is 9.30. The Bertz CT molecular complexity index is 549. The van der Waals surface area contributed by atoms with Gasteiger partial charge in [-0.3, -0.25) is 9.59 Å². The van der Waals surface area contributed by atoms with Gasteiger partial charge in [-0.15, -0.1) is 0 Å². The summed E-state index contributed by atoms with van der Waals surface area (Å²) in [6.45, 7) is 0.198. The number of hydrogen-bond donors (Lipinski definition) is 1. The zero-order chi connectivity index (χ0) is 14.1. The molecule has 3 rings (SSSR count). The second-order valence-corrected chi connectivity index (χ2v) is 5.43. The van der Waals surface area contributed by atoms with Crippen LogP contribution in [0.5, 0.6) is 0 Å². The van der Waals surface area contributed by atoms with Crippen molar-refractivity contribution in [3.63, 3.8) is 0 Å². The van der Waals surface area contributed by atoms with Gasteiger partial charge in [0.15, 0.2) is 0 Å². The summed E-state index contributed by atoms with van der Waals surface area (Å²) in [7, 11) is 0. The van der Waals surface area contributed by atoms with Crippen LogP contribution in [0.15, 0.2) is 42.5 Å². The molecule has 0 radical (unpaired) electrons. The zero-order valence-electron chi connectivity index (χ0n) is 10.9. The Balaban J connectivity index is 1.68. The quantitative estimate of drug-likeness (QED) is 0.674. The van der Waals surface area contributed by atoms with E-state index in [1.807, 2.05) is 42.5 Å². The van der Waals surface area contributed by atoms with E-state index in [9.17, 15) is 14.7 Å². The van der Waals surface area contributed by atoms with Crippen LogP contribution >= 0.6 is 0 Å². The number of esters is 1. The molecule has 1 saturated carbocycles. The van der Waals surface area contributed by atoms with Crippen LogP contribution < -0.4 is 0 Å². The summed E-state index contributed by atoms with van der Waals surface area (Å²) in [4.78, 5) is 23.5. The van der Waals surface area contributed by atoms with E-state index in [0.29, 0.717) is 0 Å². The van der Waals surface area contributed by atoms with Crippen molar-refractivity contribution in [2.75, 3.05) is 0 Å².